The summed E-state index contributed by atoms with van der Waals surface area (Å²) >= 11 is 8.96. The second-order valence-corrected chi connectivity index (χ2v) is 5.47. The van der Waals surface area contributed by atoms with Gasteiger partial charge in [-0.05, 0) is 52.2 Å². The van der Waals surface area contributed by atoms with Crippen molar-refractivity contribution in [1.29, 1.82) is 0 Å². The smallest absolute Gasteiger partial charge is 0.252 e. The Bertz CT molecular complexity index is 633. The third-order valence-corrected chi connectivity index (χ3v) is 3.83. The molecule has 0 aliphatic heterocycles. The van der Waals surface area contributed by atoms with Gasteiger partial charge in [0.1, 0.15) is 5.82 Å². The second kappa shape index (κ2) is 6.86. The van der Waals surface area contributed by atoms with Gasteiger partial charge in [0.15, 0.2) is 0 Å². The van der Waals surface area contributed by atoms with Gasteiger partial charge in [-0.2, -0.15) is 0 Å². The van der Waals surface area contributed by atoms with Crippen LogP contribution >= 0.6 is 27.5 Å². The van der Waals surface area contributed by atoms with Gasteiger partial charge in [-0.1, -0.05) is 29.8 Å². The van der Waals surface area contributed by atoms with E-state index in [2.05, 4.69) is 21.2 Å². The maximum Gasteiger partial charge on any atom is 0.252 e. The van der Waals surface area contributed by atoms with Gasteiger partial charge in [-0.25, -0.2) is 4.39 Å². The first-order valence-corrected chi connectivity index (χ1v) is 7.21. The van der Waals surface area contributed by atoms with Crippen molar-refractivity contribution < 1.29 is 9.18 Å². The molecule has 5 heteroatoms. The normalized spacial score (nSPS) is 10.3. The Morgan fingerprint density at radius 2 is 2.00 bits per heavy atom. The van der Waals surface area contributed by atoms with Crippen LogP contribution in [0.25, 0.3) is 0 Å². The molecule has 0 bridgehead atoms. The highest BCUT2D eigenvalue weighted by molar-refractivity contribution is 9.10. The number of carbonyl (C=O) groups is 1. The molecule has 0 saturated heterocycles. The Balaban J connectivity index is 1.94. The monoisotopic (exact) mass is 355 g/mol. The van der Waals surface area contributed by atoms with E-state index in [-0.39, 0.29) is 15.9 Å². The summed E-state index contributed by atoms with van der Waals surface area (Å²) < 4.78 is 13.5. The van der Waals surface area contributed by atoms with Gasteiger partial charge in [-0.3, -0.25) is 4.79 Å². The van der Waals surface area contributed by atoms with Crippen molar-refractivity contribution in [2.75, 3.05) is 6.54 Å². The van der Waals surface area contributed by atoms with Gasteiger partial charge in [0.05, 0.1) is 10.0 Å². The van der Waals surface area contributed by atoms with Gasteiger partial charge < -0.3 is 5.32 Å². The molecule has 2 nitrogen and oxygen atoms in total. The van der Waals surface area contributed by atoms with Crippen LogP contribution in [0.3, 0.4) is 0 Å². The van der Waals surface area contributed by atoms with E-state index in [1.165, 1.54) is 12.1 Å². The number of halogens is 3. The lowest BCUT2D eigenvalue weighted by molar-refractivity contribution is 0.0953. The molecule has 20 heavy (non-hydrogen) atoms. The molecule has 104 valence electrons. The van der Waals surface area contributed by atoms with Gasteiger partial charge in [0, 0.05) is 11.6 Å². The van der Waals surface area contributed by atoms with Crippen LogP contribution in [0.1, 0.15) is 15.9 Å². The number of rotatable bonds is 4. The van der Waals surface area contributed by atoms with Crippen LogP contribution in [-0.2, 0) is 6.42 Å². The van der Waals surface area contributed by atoms with Crippen LogP contribution in [0.4, 0.5) is 4.39 Å². The van der Waals surface area contributed by atoms with Crippen molar-refractivity contribution in [1.82, 2.24) is 5.32 Å². The summed E-state index contributed by atoms with van der Waals surface area (Å²) in [5.41, 5.74) is 1.33. The minimum absolute atomic E-state index is 0.181. The minimum Gasteiger partial charge on any atom is -0.352 e. The molecule has 0 aromatic heterocycles. The van der Waals surface area contributed by atoms with Crippen LogP contribution in [0.5, 0.6) is 0 Å². The molecule has 0 fully saturated rings. The summed E-state index contributed by atoms with van der Waals surface area (Å²) in [6.45, 7) is 0.460. The minimum atomic E-state index is -0.451. The molecule has 0 heterocycles. The van der Waals surface area contributed by atoms with E-state index in [1.807, 2.05) is 18.2 Å². The van der Waals surface area contributed by atoms with Crippen molar-refractivity contribution in [3.8, 4) is 0 Å². The first-order valence-electron chi connectivity index (χ1n) is 6.04. The van der Waals surface area contributed by atoms with E-state index in [0.29, 0.717) is 18.0 Å². The van der Waals surface area contributed by atoms with E-state index in [0.717, 1.165) is 5.56 Å². The third kappa shape index (κ3) is 3.81. The molecule has 2 aromatic carbocycles. The van der Waals surface area contributed by atoms with E-state index < -0.39 is 5.82 Å². The number of carbonyl (C=O) groups excluding carboxylic acids is 1. The quantitative estimate of drug-likeness (QED) is 0.873. The fourth-order valence-electron chi connectivity index (χ4n) is 1.79. The molecule has 0 spiro atoms. The Hall–Kier alpha value is -1.39. The molecule has 0 unspecified atom stereocenters. The molecule has 2 aromatic rings. The molecule has 1 N–H and O–H groups in total. The van der Waals surface area contributed by atoms with E-state index in [1.54, 1.807) is 12.1 Å². The third-order valence-electron chi connectivity index (χ3n) is 2.78. The molecule has 0 saturated carbocycles. The molecule has 0 aliphatic rings. The zero-order valence-corrected chi connectivity index (χ0v) is 12.8. The number of nitrogens with one attached hydrogen (secondary N) is 1. The predicted octanol–water partition coefficient (Wildman–Crippen LogP) is 4.21. The average molecular weight is 357 g/mol. The SMILES string of the molecule is O=C(NCCc1cccc(Cl)c1)c1cccc(F)c1Br. The first kappa shape index (κ1) is 15.0. The van der Waals surface area contributed by atoms with Gasteiger partial charge in [0.25, 0.3) is 5.91 Å². The van der Waals surface area contributed by atoms with Crippen LogP contribution in [-0.4, -0.2) is 12.5 Å². The average Bonchev–Trinajstić information content (AvgIpc) is 2.42. The number of amides is 1. The van der Waals surface area contributed by atoms with Crippen molar-refractivity contribution in [3.63, 3.8) is 0 Å². The largest absolute Gasteiger partial charge is 0.352 e. The Labute approximate surface area is 130 Å². The van der Waals surface area contributed by atoms with Gasteiger partial charge >= 0.3 is 0 Å². The summed E-state index contributed by atoms with van der Waals surface area (Å²) in [6, 6.07) is 11.8. The van der Waals surface area contributed by atoms with Crippen molar-refractivity contribution in [2.24, 2.45) is 0 Å². The Kier molecular flexibility index (Phi) is 5.15. The maximum absolute atomic E-state index is 13.3. The predicted molar refractivity (Wildman–Crippen MR) is 81.6 cm³/mol. The molecular weight excluding hydrogens is 345 g/mol. The van der Waals surface area contributed by atoms with Crippen LogP contribution < -0.4 is 5.32 Å². The first-order chi connectivity index (χ1) is 9.58. The fourth-order valence-corrected chi connectivity index (χ4v) is 2.44. The van der Waals surface area contributed by atoms with Gasteiger partial charge in [0.2, 0.25) is 0 Å². The van der Waals surface area contributed by atoms with Crippen molar-refractivity contribution in [3.05, 3.63) is 68.9 Å². The molecule has 0 aliphatic carbocycles. The topological polar surface area (TPSA) is 29.1 Å². The Morgan fingerprint density at radius 1 is 1.25 bits per heavy atom. The van der Waals surface area contributed by atoms with Crippen molar-refractivity contribution in [2.45, 2.75) is 6.42 Å². The van der Waals surface area contributed by atoms with E-state index >= 15 is 0 Å². The lowest BCUT2D eigenvalue weighted by atomic mass is 10.1. The van der Waals surface area contributed by atoms with Crippen LogP contribution in [0, 0.1) is 5.82 Å². The number of benzene rings is 2. The molecular formula is C15H12BrClFNO. The Morgan fingerprint density at radius 3 is 2.75 bits per heavy atom. The summed E-state index contributed by atoms with van der Waals surface area (Å²) in [7, 11) is 0. The second-order valence-electron chi connectivity index (χ2n) is 4.24. The summed E-state index contributed by atoms with van der Waals surface area (Å²) in [4.78, 5) is 11.9. The number of hydrogen-bond acceptors (Lipinski definition) is 1. The lowest BCUT2D eigenvalue weighted by Crippen LogP contribution is -2.26. The highest BCUT2D eigenvalue weighted by Crippen LogP contribution is 2.20. The number of hydrogen-bond donors (Lipinski definition) is 1. The van der Waals surface area contributed by atoms with Crippen molar-refractivity contribution >= 4 is 33.4 Å². The summed E-state index contributed by atoms with van der Waals surface area (Å²) in [6.07, 6.45) is 0.666. The molecule has 0 atom stereocenters. The maximum atomic E-state index is 13.3. The van der Waals surface area contributed by atoms with E-state index in [4.69, 9.17) is 11.6 Å². The highest BCUT2D eigenvalue weighted by atomic mass is 79.9. The fraction of sp³-hybridized carbons (Fsp3) is 0.133. The zero-order chi connectivity index (χ0) is 14.5. The molecule has 1 amide bonds. The molecule has 2 rings (SSSR count). The van der Waals surface area contributed by atoms with E-state index in [9.17, 15) is 9.18 Å². The zero-order valence-electron chi connectivity index (χ0n) is 10.5. The van der Waals surface area contributed by atoms with Crippen LogP contribution in [0.15, 0.2) is 46.9 Å². The summed E-state index contributed by atoms with van der Waals surface area (Å²) in [5, 5.41) is 3.42. The summed E-state index contributed by atoms with van der Waals surface area (Å²) in [5.74, 6) is -0.758. The van der Waals surface area contributed by atoms with Crippen LogP contribution in [0.2, 0.25) is 5.02 Å². The highest BCUT2D eigenvalue weighted by Gasteiger charge is 2.12. The standard InChI is InChI=1S/C15H12BrClFNO/c16-14-12(5-2-6-13(14)18)15(20)19-8-7-10-3-1-4-11(17)9-10/h1-6,9H,7-8H2,(H,19,20). The lowest BCUT2D eigenvalue weighted by Gasteiger charge is -2.07. The molecule has 0 radical (unpaired) electrons. The van der Waals surface area contributed by atoms with Gasteiger partial charge in [-0.15, -0.1) is 0 Å².